The van der Waals surface area contributed by atoms with E-state index in [-0.39, 0.29) is 23.3 Å². The molecule has 3 rings (SSSR count). The summed E-state index contributed by atoms with van der Waals surface area (Å²) in [5.74, 6) is -0.450. The number of carbonyl (C=O) groups excluding carboxylic acids is 2. The van der Waals surface area contributed by atoms with E-state index < -0.39 is 28.5 Å². The summed E-state index contributed by atoms with van der Waals surface area (Å²) in [6.45, 7) is 9.93. The van der Waals surface area contributed by atoms with Gasteiger partial charge in [-0.05, 0) is 61.6 Å². The lowest BCUT2D eigenvalue weighted by atomic mass is 10.0. The zero-order valence-electron chi connectivity index (χ0n) is 23.4. The van der Waals surface area contributed by atoms with Gasteiger partial charge in [-0.2, -0.15) is 0 Å². The van der Waals surface area contributed by atoms with E-state index in [0.717, 1.165) is 21.0 Å². The summed E-state index contributed by atoms with van der Waals surface area (Å²) in [5, 5.41) is 2.82. The first-order valence-corrected chi connectivity index (χ1v) is 14.8. The van der Waals surface area contributed by atoms with Crippen LogP contribution < -0.4 is 9.62 Å². The normalized spacial score (nSPS) is 12.2. The van der Waals surface area contributed by atoms with Crippen molar-refractivity contribution in [1.82, 2.24) is 10.2 Å². The number of hydrogen-bond donors (Lipinski definition) is 1. The van der Waals surface area contributed by atoms with E-state index in [1.807, 2.05) is 57.2 Å². The number of carbonyl (C=O) groups is 2. The Hall–Kier alpha value is -3.65. The van der Waals surface area contributed by atoms with Crippen LogP contribution in [0.2, 0.25) is 0 Å². The van der Waals surface area contributed by atoms with Gasteiger partial charge < -0.3 is 10.2 Å². The SMILES string of the molecule is CCNC(=O)[C@H](CC)N(Cc1cccc(C)c1)C(=O)CN(c1ccc(C(C)C)cc1)S(=O)(=O)c1ccccc1. The number of nitrogens with zero attached hydrogens (tertiary/aromatic N) is 2. The molecular weight excluding hydrogens is 510 g/mol. The molecule has 0 saturated heterocycles. The minimum Gasteiger partial charge on any atom is -0.355 e. The molecular formula is C31H39N3O4S. The fourth-order valence-corrected chi connectivity index (χ4v) is 5.93. The third kappa shape index (κ3) is 7.47. The minimum atomic E-state index is -4.07. The van der Waals surface area contributed by atoms with Crippen LogP contribution in [-0.4, -0.2) is 44.3 Å². The predicted octanol–water partition coefficient (Wildman–Crippen LogP) is 5.26. The van der Waals surface area contributed by atoms with Crippen molar-refractivity contribution in [3.8, 4) is 0 Å². The Labute approximate surface area is 232 Å². The zero-order valence-corrected chi connectivity index (χ0v) is 24.2. The maximum atomic E-state index is 14.0. The van der Waals surface area contributed by atoms with Crippen LogP contribution in [0.4, 0.5) is 5.69 Å². The van der Waals surface area contributed by atoms with Gasteiger partial charge in [-0.3, -0.25) is 13.9 Å². The number of rotatable bonds is 12. The minimum absolute atomic E-state index is 0.0896. The molecule has 0 aromatic heterocycles. The summed E-state index contributed by atoms with van der Waals surface area (Å²) >= 11 is 0. The van der Waals surface area contributed by atoms with Crippen molar-refractivity contribution in [2.45, 2.75) is 64.4 Å². The first-order chi connectivity index (χ1) is 18.6. The van der Waals surface area contributed by atoms with Crippen molar-refractivity contribution in [3.63, 3.8) is 0 Å². The Morgan fingerprint density at radius 1 is 0.897 bits per heavy atom. The average Bonchev–Trinajstić information content (AvgIpc) is 2.92. The Morgan fingerprint density at radius 2 is 1.56 bits per heavy atom. The van der Waals surface area contributed by atoms with E-state index in [1.54, 1.807) is 30.3 Å². The van der Waals surface area contributed by atoms with Crippen molar-refractivity contribution in [3.05, 3.63) is 95.6 Å². The van der Waals surface area contributed by atoms with Crippen LogP contribution in [0.5, 0.6) is 0 Å². The van der Waals surface area contributed by atoms with Gasteiger partial charge in [0.15, 0.2) is 0 Å². The second-order valence-electron chi connectivity index (χ2n) is 9.90. The van der Waals surface area contributed by atoms with Crippen molar-refractivity contribution in [2.24, 2.45) is 0 Å². The lowest BCUT2D eigenvalue weighted by Crippen LogP contribution is -2.52. The molecule has 7 nitrogen and oxygen atoms in total. The lowest BCUT2D eigenvalue weighted by Gasteiger charge is -2.33. The first-order valence-electron chi connectivity index (χ1n) is 13.4. The molecule has 0 fully saturated rings. The average molecular weight is 550 g/mol. The number of nitrogens with one attached hydrogen (secondary N) is 1. The Morgan fingerprint density at radius 3 is 2.13 bits per heavy atom. The fourth-order valence-electron chi connectivity index (χ4n) is 4.49. The van der Waals surface area contributed by atoms with E-state index in [2.05, 4.69) is 19.2 Å². The highest BCUT2D eigenvalue weighted by molar-refractivity contribution is 7.92. The number of benzene rings is 3. The van der Waals surface area contributed by atoms with Gasteiger partial charge in [-0.1, -0.05) is 80.9 Å². The van der Waals surface area contributed by atoms with Gasteiger partial charge in [0.05, 0.1) is 10.6 Å². The van der Waals surface area contributed by atoms with Crippen molar-refractivity contribution >= 4 is 27.5 Å². The van der Waals surface area contributed by atoms with Crippen LogP contribution in [0.15, 0.2) is 83.8 Å². The van der Waals surface area contributed by atoms with Gasteiger partial charge in [-0.15, -0.1) is 0 Å². The fraction of sp³-hybridized carbons (Fsp3) is 0.355. The number of aryl methyl sites for hydroxylation is 1. The zero-order chi connectivity index (χ0) is 28.6. The summed E-state index contributed by atoms with van der Waals surface area (Å²) in [6.07, 6.45) is 0.387. The van der Waals surface area contributed by atoms with Crippen molar-refractivity contribution < 1.29 is 18.0 Å². The largest absolute Gasteiger partial charge is 0.355 e. The van der Waals surface area contributed by atoms with Crippen molar-refractivity contribution in [1.29, 1.82) is 0 Å². The third-order valence-electron chi connectivity index (χ3n) is 6.63. The van der Waals surface area contributed by atoms with Crippen LogP contribution in [-0.2, 0) is 26.2 Å². The molecule has 1 atom stereocenters. The van der Waals surface area contributed by atoms with E-state index >= 15 is 0 Å². The molecule has 208 valence electrons. The number of anilines is 1. The lowest BCUT2D eigenvalue weighted by molar-refractivity contribution is -0.140. The van der Waals surface area contributed by atoms with E-state index in [1.165, 1.54) is 17.0 Å². The summed E-state index contributed by atoms with van der Waals surface area (Å²) < 4.78 is 28.9. The van der Waals surface area contributed by atoms with Crippen molar-refractivity contribution in [2.75, 3.05) is 17.4 Å². The number of hydrogen-bond acceptors (Lipinski definition) is 4. The second-order valence-corrected chi connectivity index (χ2v) is 11.8. The molecule has 0 bridgehead atoms. The topological polar surface area (TPSA) is 86.8 Å². The predicted molar refractivity (Wildman–Crippen MR) is 156 cm³/mol. The third-order valence-corrected chi connectivity index (χ3v) is 8.42. The van der Waals surface area contributed by atoms with E-state index in [4.69, 9.17) is 0 Å². The highest BCUT2D eigenvalue weighted by Crippen LogP contribution is 2.27. The van der Waals surface area contributed by atoms with Gasteiger partial charge in [0, 0.05) is 13.1 Å². The van der Waals surface area contributed by atoms with Gasteiger partial charge in [0.2, 0.25) is 11.8 Å². The molecule has 0 aliphatic rings. The first kappa shape index (κ1) is 29.9. The number of likely N-dealkylation sites (N-methyl/N-ethyl adjacent to an activating group) is 1. The maximum absolute atomic E-state index is 14.0. The molecule has 0 radical (unpaired) electrons. The molecule has 8 heteroatoms. The Bertz CT molecular complexity index is 1360. The van der Waals surface area contributed by atoms with Gasteiger partial charge in [-0.25, -0.2) is 8.42 Å². The van der Waals surface area contributed by atoms with Gasteiger partial charge in [0.25, 0.3) is 10.0 Å². The molecule has 0 spiro atoms. The summed E-state index contributed by atoms with van der Waals surface area (Å²) in [6, 6.07) is 22.3. The van der Waals surface area contributed by atoms with E-state index in [9.17, 15) is 18.0 Å². The molecule has 1 N–H and O–H groups in total. The van der Waals surface area contributed by atoms with Crippen LogP contribution in [0.3, 0.4) is 0 Å². The van der Waals surface area contributed by atoms with Gasteiger partial charge in [0.1, 0.15) is 12.6 Å². The Balaban J connectivity index is 2.06. The molecule has 0 heterocycles. The molecule has 0 aliphatic carbocycles. The molecule has 3 aromatic carbocycles. The molecule has 0 unspecified atom stereocenters. The summed E-state index contributed by atoms with van der Waals surface area (Å²) in [4.78, 5) is 28.6. The van der Waals surface area contributed by atoms with Crippen LogP contribution in [0.1, 0.15) is 56.7 Å². The molecule has 0 saturated carbocycles. The number of sulfonamides is 1. The van der Waals surface area contributed by atoms with Crippen LogP contribution in [0.25, 0.3) is 0 Å². The molecule has 39 heavy (non-hydrogen) atoms. The van der Waals surface area contributed by atoms with Crippen LogP contribution in [0, 0.1) is 6.92 Å². The molecule has 2 amide bonds. The molecule has 0 aliphatic heterocycles. The number of amides is 2. The highest BCUT2D eigenvalue weighted by atomic mass is 32.2. The van der Waals surface area contributed by atoms with Crippen LogP contribution >= 0.6 is 0 Å². The summed E-state index contributed by atoms with van der Waals surface area (Å²) in [7, 11) is -4.07. The smallest absolute Gasteiger partial charge is 0.264 e. The van der Waals surface area contributed by atoms with E-state index in [0.29, 0.717) is 18.7 Å². The van der Waals surface area contributed by atoms with Gasteiger partial charge >= 0.3 is 0 Å². The second kappa shape index (κ2) is 13.4. The summed E-state index contributed by atoms with van der Waals surface area (Å²) in [5.41, 5.74) is 3.35. The molecule has 3 aromatic rings. The monoisotopic (exact) mass is 549 g/mol. The Kier molecular flexibility index (Phi) is 10.3. The highest BCUT2D eigenvalue weighted by Gasteiger charge is 2.33. The maximum Gasteiger partial charge on any atom is 0.264 e. The standard InChI is InChI=1S/C31H39N3O4S/c1-6-29(31(36)32-7-2)33(21-25-13-11-12-24(5)20-25)30(35)22-34(27-18-16-26(17-19-27)23(3)4)39(37,38)28-14-9-8-10-15-28/h8-20,23,29H,6-7,21-22H2,1-5H3,(H,32,36)/t29-/m0/s1. The quantitative estimate of drug-likeness (QED) is 0.334.